The van der Waals surface area contributed by atoms with Crippen LogP contribution in [0.5, 0.6) is 0 Å². The summed E-state index contributed by atoms with van der Waals surface area (Å²) in [5.74, 6) is 0.770. The maximum absolute atomic E-state index is 11.7. The monoisotopic (exact) mass is 347 g/mol. The van der Waals surface area contributed by atoms with Gasteiger partial charge in [0.1, 0.15) is 11.5 Å². The molecule has 0 radical (unpaired) electrons. The van der Waals surface area contributed by atoms with Crippen molar-refractivity contribution in [3.05, 3.63) is 54.4 Å². The summed E-state index contributed by atoms with van der Waals surface area (Å²) in [7, 11) is -3.28. The minimum Gasteiger partial charge on any atom is -0.396 e. The van der Waals surface area contributed by atoms with Gasteiger partial charge in [-0.2, -0.15) is 0 Å². The number of hydrogen-bond donors (Lipinski definition) is 1. The number of benzene rings is 1. The summed E-state index contributed by atoms with van der Waals surface area (Å²) in [6.45, 7) is 0.503. The van der Waals surface area contributed by atoms with E-state index in [1.54, 1.807) is 36.7 Å². The topological polar surface area (TPSA) is 103 Å². The van der Waals surface area contributed by atoms with Crippen LogP contribution in [0, 0.1) is 0 Å². The lowest BCUT2D eigenvalue weighted by molar-refractivity contribution is 0.295. The summed E-state index contributed by atoms with van der Waals surface area (Å²) < 4.78 is 26.7. The molecule has 1 aromatic carbocycles. The zero-order valence-electron chi connectivity index (χ0n) is 13.1. The molecule has 24 heavy (non-hydrogen) atoms. The zero-order chi connectivity index (χ0) is 17.2. The maximum Gasteiger partial charge on any atom is 0.175 e. The van der Waals surface area contributed by atoms with Gasteiger partial charge in [-0.1, -0.05) is 11.3 Å². The summed E-state index contributed by atoms with van der Waals surface area (Å²) in [6, 6.07) is 6.54. The number of aromatic nitrogens is 5. The Kier molecular flexibility index (Phi) is 4.45. The predicted molar refractivity (Wildman–Crippen MR) is 86.6 cm³/mol. The molecule has 0 aliphatic carbocycles. The van der Waals surface area contributed by atoms with Crippen LogP contribution >= 0.6 is 0 Å². The number of aliphatic hydroxyl groups is 1. The van der Waals surface area contributed by atoms with Crippen molar-refractivity contribution in [2.24, 2.45) is 0 Å². The number of sulfone groups is 1. The molecule has 0 bridgehead atoms. The third-order valence-electron chi connectivity index (χ3n) is 3.52. The number of rotatable bonds is 6. The van der Waals surface area contributed by atoms with Crippen LogP contribution in [0.2, 0.25) is 0 Å². The van der Waals surface area contributed by atoms with E-state index in [1.807, 2.05) is 10.8 Å². The highest BCUT2D eigenvalue weighted by atomic mass is 32.2. The third kappa shape index (κ3) is 3.52. The molecular formula is C15H17N5O3S. The van der Waals surface area contributed by atoms with Crippen molar-refractivity contribution in [1.82, 2.24) is 24.5 Å². The van der Waals surface area contributed by atoms with E-state index in [9.17, 15) is 8.42 Å². The van der Waals surface area contributed by atoms with Gasteiger partial charge in [0.2, 0.25) is 0 Å². The molecule has 0 fully saturated rings. The first-order valence-corrected chi connectivity index (χ1v) is 9.19. The fourth-order valence-electron chi connectivity index (χ4n) is 2.34. The van der Waals surface area contributed by atoms with Gasteiger partial charge < -0.3 is 9.67 Å². The Morgan fingerprint density at radius 3 is 2.88 bits per heavy atom. The highest BCUT2D eigenvalue weighted by Crippen LogP contribution is 2.15. The molecule has 0 unspecified atom stereocenters. The van der Waals surface area contributed by atoms with Gasteiger partial charge >= 0.3 is 0 Å². The molecule has 3 rings (SSSR count). The molecule has 0 aliphatic heterocycles. The standard InChI is InChI=1S/C15H17N5O3S/c1-24(22,23)14-4-2-3-13(9-14)20-11-12(17-18-20)10-19-7-6-16-15(19)5-8-21/h2-4,6-7,9,11,21H,5,8,10H2,1H3. The Morgan fingerprint density at radius 1 is 1.29 bits per heavy atom. The van der Waals surface area contributed by atoms with Crippen LogP contribution in [-0.2, 0) is 22.8 Å². The van der Waals surface area contributed by atoms with Crippen molar-refractivity contribution in [3.63, 3.8) is 0 Å². The smallest absolute Gasteiger partial charge is 0.175 e. The second-order valence-corrected chi connectivity index (χ2v) is 7.38. The van der Waals surface area contributed by atoms with E-state index in [0.717, 1.165) is 5.82 Å². The molecule has 0 atom stereocenters. The van der Waals surface area contributed by atoms with Gasteiger partial charge in [-0.15, -0.1) is 5.10 Å². The summed E-state index contributed by atoms with van der Waals surface area (Å²) in [4.78, 5) is 4.42. The molecule has 0 saturated heterocycles. The van der Waals surface area contributed by atoms with Gasteiger partial charge in [-0.05, 0) is 18.2 Å². The Labute approximate surface area is 139 Å². The van der Waals surface area contributed by atoms with Gasteiger partial charge in [0.15, 0.2) is 9.84 Å². The van der Waals surface area contributed by atoms with Crippen LogP contribution in [0.15, 0.2) is 47.8 Å². The molecule has 0 amide bonds. The number of aliphatic hydroxyl groups excluding tert-OH is 1. The first-order valence-electron chi connectivity index (χ1n) is 7.30. The Balaban J connectivity index is 1.85. The molecule has 8 nitrogen and oxygen atoms in total. The van der Waals surface area contributed by atoms with Crippen LogP contribution in [0.4, 0.5) is 0 Å². The van der Waals surface area contributed by atoms with Crippen LogP contribution < -0.4 is 0 Å². The summed E-state index contributed by atoms with van der Waals surface area (Å²) in [5.41, 5.74) is 1.33. The lowest BCUT2D eigenvalue weighted by atomic mass is 10.3. The van der Waals surface area contributed by atoms with Crippen LogP contribution in [0.25, 0.3) is 5.69 Å². The minimum absolute atomic E-state index is 0.0297. The molecule has 0 saturated carbocycles. The largest absolute Gasteiger partial charge is 0.396 e. The highest BCUT2D eigenvalue weighted by Gasteiger charge is 2.10. The van der Waals surface area contributed by atoms with Gasteiger partial charge in [0, 0.05) is 25.1 Å². The molecular weight excluding hydrogens is 330 g/mol. The van der Waals surface area contributed by atoms with Crippen molar-refractivity contribution in [3.8, 4) is 5.69 Å². The second-order valence-electron chi connectivity index (χ2n) is 5.37. The van der Waals surface area contributed by atoms with Gasteiger partial charge in [-0.3, -0.25) is 0 Å². The van der Waals surface area contributed by atoms with Crippen molar-refractivity contribution >= 4 is 9.84 Å². The fourth-order valence-corrected chi connectivity index (χ4v) is 3.00. The SMILES string of the molecule is CS(=O)(=O)c1cccc(-n2cc(Cn3ccnc3CCO)nn2)c1. The van der Waals surface area contributed by atoms with Crippen molar-refractivity contribution in [2.45, 2.75) is 17.9 Å². The average molecular weight is 347 g/mol. The molecule has 0 aliphatic rings. The predicted octanol–water partition coefficient (Wildman–Crippen LogP) is 0.450. The number of hydrogen-bond acceptors (Lipinski definition) is 6. The summed E-state index contributed by atoms with van der Waals surface area (Å²) in [6.07, 6.45) is 6.86. The quantitative estimate of drug-likeness (QED) is 0.694. The second kappa shape index (κ2) is 6.54. The number of imidazole rings is 1. The average Bonchev–Trinajstić information content (AvgIpc) is 3.18. The van der Waals surface area contributed by atoms with E-state index in [-0.39, 0.29) is 11.5 Å². The normalized spacial score (nSPS) is 11.8. The summed E-state index contributed by atoms with van der Waals surface area (Å²) >= 11 is 0. The van der Waals surface area contributed by atoms with Gasteiger partial charge in [-0.25, -0.2) is 18.1 Å². The van der Waals surface area contributed by atoms with Crippen LogP contribution in [0.1, 0.15) is 11.5 Å². The molecule has 0 spiro atoms. The highest BCUT2D eigenvalue weighted by molar-refractivity contribution is 7.90. The first kappa shape index (κ1) is 16.3. The molecule has 1 N–H and O–H groups in total. The molecule has 9 heteroatoms. The van der Waals surface area contributed by atoms with Crippen molar-refractivity contribution < 1.29 is 13.5 Å². The number of nitrogens with zero attached hydrogens (tertiary/aromatic N) is 5. The van der Waals surface area contributed by atoms with E-state index < -0.39 is 9.84 Å². The van der Waals surface area contributed by atoms with Crippen LogP contribution in [0.3, 0.4) is 0 Å². The van der Waals surface area contributed by atoms with Gasteiger partial charge in [0.05, 0.1) is 29.9 Å². The maximum atomic E-state index is 11.7. The van der Waals surface area contributed by atoms with E-state index in [2.05, 4.69) is 15.3 Å². The first-order chi connectivity index (χ1) is 11.5. The Morgan fingerprint density at radius 2 is 2.12 bits per heavy atom. The Hall–Kier alpha value is -2.52. The van der Waals surface area contributed by atoms with Gasteiger partial charge in [0.25, 0.3) is 0 Å². The van der Waals surface area contributed by atoms with Crippen LogP contribution in [-0.4, -0.2) is 50.9 Å². The van der Waals surface area contributed by atoms with E-state index in [0.29, 0.717) is 24.3 Å². The molecule has 2 heterocycles. The van der Waals surface area contributed by atoms with E-state index in [4.69, 9.17) is 5.11 Å². The van der Waals surface area contributed by atoms with E-state index >= 15 is 0 Å². The van der Waals surface area contributed by atoms with Crippen molar-refractivity contribution in [2.75, 3.05) is 12.9 Å². The Bertz CT molecular complexity index is 945. The van der Waals surface area contributed by atoms with E-state index in [1.165, 1.54) is 10.9 Å². The molecule has 3 aromatic rings. The lowest BCUT2D eigenvalue weighted by Crippen LogP contribution is -2.06. The molecule has 2 aromatic heterocycles. The summed E-state index contributed by atoms with van der Waals surface area (Å²) in [5, 5.41) is 17.2. The zero-order valence-corrected chi connectivity index (χ0v) is 13.9. The minimum atomic E-state index is -3.28. The third-order valence-corrected chi connectivity index (χ3v) is 4.63. The molecule has 126 valence electrons. The lowest BCUT2D eigenvalue weighted by Gasteiger charge is -2.04. The fraction of sp³-hybridized carbons (Fsp3) is 0.267. The van der Waals surface area contributed by atoms with Crippen molar-refractivity contribution in [1.29, 1.82) is 0 Å².